The van der Waals surface area contributed by atoms with Crippen LogP contribution < -0.4 is 0 Å². The van der Waals surface area contributed by atoms with E-state index in [-0.39, 0.29) is 11.9 Å². The topological polar surface area (TPSA) is 78.9 Å². The maximum absolute atomic E-state index is 13.6. The van der Waals surface area contributed by atoms with Crippen LogP contribution in [0.25, 0.3) is 0 Å². The second-order valence-corrected chi connectivity index (χ2v) is 18.6. The number of ether oxygens (including phenoxy) is 3. The Labute approximate surface area is 380 Å². The average molecular weight is 861 g/mol. The van der Waals surface area contributed by atoms with E-state index in [9.17, 15) is 14.4 Å². The summed E-state index contributed by atoms with van der Waals surface area (Å²) in [5.74, 6) is -1.27. The van der Waals surface area contributed by atoms with Gasteiger partial charge in [0.15, 0.2) is 0 Å². The summed E-state index contributed by atoms with van der Waals surface area (Å²) in [6, 6.07) is 0. The Balaban J connectivity index is 4.59. The van der Waals surface area contributed by atoms with Crippen LogP contribution in [0, 0.1) is 0 Å². The number of esters is 3. The molecule has 0 spiro atoms. The summed E-state index contributed by atoms with van der Waals surface area (Å²) in [5.41, 5.74) is -1.34. The van der Waals surface area contributed by atoms with Crippen LogP contribution >= 0.6 is 0 Å². The van der Waals surface area contributed by atoms with E-state index in [1.165, 1.54) is 186 Å². The van der Waals surface area contributed by atoms with Crippen molar-refractivity contribution in [2.45, 2.75) is 316 Å². The largest absolute Gasteiger partial charge is 0.447 e. The van der Waals surface area contributed by atoms with Crippen molar-refractivity contribution in [1.82, 2.24) is 0 Å². The normalized spacial score (nSPS) is 12.5. The third-order valence-electron chi connectivity index (χ3n) is 12.7. The maximum Gasteiger partial charge on any atom is 0.353 e. The van der Waals surface area contributed by atoms with E-state index in [2.05, 4.69) is 32.9 Å². The fourth-order valence-electron chi connectivity index (χ4n) is 8.44. The SMILES string of the molecule is CCCCCCCC/C=C/CCCCCCC(CC)(OC(=O)CCCCCCCCCCCCCCCCC)C(=O)OCOC(=O)CCCCCCCCCCCCCCC. The molecule has 6 nitrogen and oxygen atoms in total. The van der Waals surface area contributed by atoms with Crippen LogP contribution in [0.3, 0.4) is 0 Å². The molecule has 0 bridgehead atoms. The molecule has 0 aromatic carbocycles. The molecular formula is C55H104O6. The summed E-state index contributed by atoms with van der Waals surface area (Å²) in [7, 11) is 0. The number of carbonyl (C=O) groups excluding carboxylic acids is 3. The molecule has 0 heterocycles. The van der Waals surface area contributed by atoms with Crippen LogP contribution in [-0.4, -0.2) is 30.3 Å². The van der Waals surface area contributed by atoms with Gasteiger partial charge in [-0.15, -0.1) is 0 Å². The molecule has 0 aliphatic carbocycles. The van der Waals surface area contributed by atoms with Gasteiger partial charge in [0, 0.05) is 12.8 Å². The molecule has 0 aliphatic heterocycles. The molecule has 0 amide bonds. The van der Waals surface area contributed by atoms with Gasteiger partial charge < -0.3 is 14.2 Å². The second kappa shape index (κ2) is 47.6. The smallest absolute Gasteiger partial charge is 0.353 e. The molecule has 0 aromatic rings. The molecule has 0 N–H and O–H groups in total. The first kappa shape index (κ1) is 59.1. The fraction of sp³-hybridized carbons (Fsp3) is 0.909. The fourth-order valence-corrected chi connectivity index (χ4v) is 8.44. The molecule has 0 radical (unpaired) electrons. The van der Waals surface area contributed by atoms with E-state index in [0.29, 0.717) is 25.7 Å². The number of hydrogen-bond acceptors (Lipinski definition) is 6. The molecule has 360 valence electrons. The maximum atomic E-state index is 13.6. The highest BCUT2D eigenvalue weighted by molar-refractivity contribution is 5.83. The van der Waals surface area contributed by atoms with Crippen molar-refractivity contribution in [2.75, 3.05) is 6.79 Å². The minimum Gasteiger partial charge on any atom is -0.447 e. The first-order chi connectivity index (χ1) is 30.0. The van der Waals surface area contributed by atoms with Crippen molar-refractivity contribution in [3.63, 3.8) is 0 Å². The van der Waals surface area contributed by atoms with Gasteiger partial charge in [0.25, 0.3) is 0 Å². The van der Waals surface area contributed by atoms with Crippen molar-refractivity contribution in [3.8, 4) is 0 Å². The van der Waals surface area contributed by atoms with E-state index < -0.39 is 18.4 Å². The van der Waals surface area contributed by atoms with Crippen molar-refractivity contribution in [2.24, 2.45) is 0 Å². The van der Waals surface area contributed by atoms with Crippen LogP contribution in [0.15, 0.2) is 12.2 Å². The lowest BCUT2D eigenvalue weighted by atomic mass is 9.92. The zero-order chi connectivity index (χ0) is 44.6. The van der Waals surface area contributed by atoms with Crippen molar-refractivity contribution in [1.29, 1.82) is 0 Å². The van der Waals surface area contributed by atoms with Crippen LogP contribution in [-0.2, 0) is 28.6 Å². The summed E-state index contributed by atoms with van der Waals surface area (Å²) < 4.78 is 16.9. The third-order valence-corrected chi connectivity index (χ3v) is 12.7. The molecule has 0 aliphatic rings. The summed E-state index contributed by atoms with van der Waals surface area (Å²) >= 11 is 0. The Kier molecular flexibility index (Phi) is 46.2. The standard InChI is InChI=1S/C55H104O6/c1-5-9-12-15-18-21-24-27-29-31-34-37-40-43-46-49-53(57)61-55(8-4,50-47-44-41-38-35-32-28-25-22-19-16-13-10-6-2)54(58)60-51-59-52(56)48-45-42-39-36-33-30-26-23-20-17-14-11-7-3/h28,32H,5-27,29-31,33-51H2,1-4H3/b32-28+. The van der Waals surface area contributed by atoms with Crippen molar-refractivity contribution >= 4 is 17.9 Å². The highest BCUT2D eigenvalue weighted by Crippen LogP contribution is 2.28. The van der Waals surface area contributed by atoms with Gasteiger partial charge in [-0.2, -0.15) is 0 Å². The van der Waals surface area contributed by atoms with Crippen LogP contribution in [0.4, 0.5) is 0 Å². The zero-order valence-electron chi connectivity index (χ0n) is 41.4. The summed E-state index contributed by atoms with van der Waals surface area (Å²) in [6.45, 7) is 8.26. The minimum absolute atomic E-state index is 0.312. The highest BCUT2D eigenvalue weighted by Gasteiger charge is 2.42. The van der Waals surface area contributed by atoms with E-state index in [1.54, 1.807) is 0 Å². The summed E-state index contributed by atoms with van der Waals surface area (Å²) in [6.07, 6.45) is 55.5. The summed E-state index contributed by atoms with van der Waals surface area (Å²) in [4.78, 5) is 39.2. The van der Waals surface area contributed by atoms with Gasteiger partial charge in [0.2, 0.25) is 12.4 Å². The predicted octanol–water partition coefficient (Wildman–Crippen LogP) is 18.1. The monoisotopic (exact) mass is 861 g/mol. The van der Waals surface area contributed by atoms with Gasteiger partial charge in [-0.1, -0.05) is 252 Å². The first-order valence-electron chi connectivity index (χ1n) is 27.1. The average Bonchev–Trinajstić information content (AvgIpc) is 3.26. The summed E-state index contributed by atoms with van der Waals surface area (Å²) in [5, 5.41) is 0. The molecule has 0 saturated carbocycles. The Bertz CT molecular complexity index is 977. The van der Waals surface area contributed by atoms with Gasteiger partial charge in [-0.3, -0.25) is 9.59 Å². The van der Waals surface area contributed by atoms with Gasteiger partial charge >= 0.3 is 17.9 Å². The molecule has 0 fully saturated rings. The molecule has 6 heteroatoms. The number of carbonyl (C=O) groups is 3. The van der Waals surface area contributed by atoms with Crippen LogP contribution in [0.1, 0.15) is 310 Å². The quantitative estimate of drug-likeness (QED) is 0.0262. The first-order valence-corrected chi connectivity index (χ1v) is 27.1. The number of hydrogen-bond donors (Lipinski definition) is 0. The molecule has 0 rings (SSSR count). The Morgan fingerprint density at radius 3 is 1.03 bits per heavy atom. The Hall–Kier alpha value is -1.85. The number of rotatable bonds is 49. The molecular weight excluding hydrogens is 757 g/mol. The lowest BCUT2D eigenvalue weighted by molar-refractivity contribution is -0.194. The van der Waals surface area contributed by atoms with E-state index >= 15 is 0 Å². The number of allylic oxidation sites excluding steroid dienone is 2. The minimum atomic E-state index is -1.34. The third kappa shape index (κ3) is 40.7. The van der Waals surface area contributed by atoms with E-state index in [4.69, 9.17) is 14.2 Å². The highest BCUT2D eigenvalue weighted by atomic mass is 16.7. The van der Waals surface area contributed by atoms with Gasteiger partial charge in [-0.05, 0) is 57.8 Å². The second-order valence-electron chi connectivity index (χ2n) is 18.6. The van der Waals surface area contributed by atoms with E-state index in [1.807, 2.05) is 6.92 Å². The predicted molar refractivity (Wildman–Crippen MR) is 261 cm³/mol. The molecule has 0 aromatic heterocycles. The molecule has 61 heavy (non-hydrogen) atoms. The molecule has 1 unspecified atom stereocenters. The Morgan fingerprint density at radius 2 is 0.672 bits per heavy atom. The van der Waals surface area contributed by atoms with Crippen LogP contribution in [0.2, 0.25) is 0 Å². The lowest BCUT2D eigenvalue weighted by Crippen LogP contribution is -2.44. The molecule has 1 atom stereocenters. The van der Waals surface area contributed by atoms with Gasteiger partial charge in [-0.25, -0.2) is 4.79 Å². The number of unbranched alkanes of at least 4 members (excludes halogenated alkanes) is 36. The van der Waals surface area contributed by atoms with E-state index in [0.717, 1.165) is 70.6 Å². The molecule has 0 saturated heterocycles. The van der Waals surface area contributed by atoms with Crippen molar-refractivity contribution in [3.05, 3.63) is 12.2 Å². The Morgan fingerprint density at radius 1 is 0.361 bits per heavy atom. The van der Waals surface area contributed by atoms with Gasteiger partial charge in [0.1, 0.15) is 0 Å². The van der Waals surface area contributed by atoms with Gasteiger partial charge in [0.05, 0.1) is 0 Å². The lowest BCUT2D eigenvalue weighted by Gasteiger charge is -2.30. The zero-order valence-corrected chi connectivity index (χ0v) is 41.4. The van der Waals surface area contributed by atoms with Crippen molar-refractivity contribution < 1.29 is 28.6 Å². The van der Waals surface area contributed by atoms with Crippen LogP contribution in [0.5, 0.6) is 0 Å².